The topological polar surface area (TPSA) is 38.0 Å². The van der Waals surface area contributed by atoms with E-state index in [1.165, 1.54) is 0 Å². The smallest absolute Gasteiger partial charge is 0.0832 e. The Bertz CT molecular complexity index is 510. The number of benzene rings is 1. The van der Waals surface area contributed by atoms with Crippen LogP contribution in [0.3, 0.4) is 0 Å². The summed E-state index contributed by atoms with van der Waals surface area (Å²) in [5.41, 5.74) is 1.62. The molecule has 2 rings (SSSR count). The van der Waals surface area contributed by atoms with Crippen LogP contribution in [0, 0.1) is 3.57 Å². The summed E-state index contributed by atoms with van der Waals surface area (Å²) in [6, 6.07) is 5.46. The molecule has 1 aromatic heterocycles. The van der Waals surface area contributed by atoms with Crippen molar-refractivity contribution in [2.75, 3.05) is 0 Å². The van der Waals surface area contributed by atoms with Gasteiger partial charge >= 0.3 is 0 Å². The number of halogens is 2. The fraction of sp³-hybridized carbons (Fsp3) is 0.182. The molecule has 1 heterocycles. The molecule has 0 aliphatic rings. The van der Waals surface area contributed by atoms with Crippen LogP contribution < -0.4 is 0 Å². The van der Waals surface area contributed by atoms with Crippen LogP contribution in [0.25, 0.3) is 5.69 Å². The highest BCUT2D eigenvalue weighted by molar-refractivity contribution is 14.1. The summed E-state index contributed by atoms with van der Waals surface area (Å²) < 4.78 is 2.77. The number of aliphatic hydroxyl groups excluding tert-OH is 1. The molecule has 0 spiro atoms. The van der Waals surface area contributed by atoms with Gasteiger partial charge in [0, 0.05) is 6.20 Å². The van der Waals surface area contributed by atoms with E-state index in [2.05, 4.69) is 27.7 Å². The predicted molar refractivity (Wildman–Crippen MR) is 71.9 cm³/mol. The first kappa shape index (κ1) is 11.9. The molecule has 1 atom stereocenters. The summed E-state index contributed by atoms with van der Waals surface area (Å²) >= 11 is 8.33. The normalized spacial score (nSPS) is 12.8. The Hall–Kier alpha value is -0.590. The van der Waals surface area contributed by atoms with E-state index in [1.807, 2.05) is 18.3 Å². The average Bonchev–Trinajstić information content (AvgIpc) is 2.64. The Morgan fingerprint density at radius 2 is 2.25 bits per heavy atom. The first-order chi connectivity index (χ1) is 7.58. The van der Waals surface area contributed by atoms with Crippen molar-refractivity contribution in [3.63, 3.8) is 0 Å². The lowest BCUT2D eigenvalue weighted by Crippen LogP contribution is -1.97. The number of hydrogen-bond acceptors (Lipinski definition) is 2. The minimum atomic E-state index is -0.510. The largest absolute Gasteiger partial charge is 0.389 e. The molecule has 0 aliphatic carbocycles. The zero-order chi connectivity index (χ0) is 11.7. The van der Waals surface area contributed by atoms with Gasteiger partial charge in [-0.05, 0) is 47.2 Å². The van der Waals surface area contributed by atoms with Gasteiger partial charge in [-0.1, -0.05) is 17.7 Å². The fourth-order valence-electron chi connectivity index (χ4n) is 1.40. The lowest BCUT2D eigenvalue weighted by molar-refractivity contribution is 0.199. The quantitative estimate of drug-likeness (QED) is 0.847. The first-order valence-electron chi connectivity index (χ1n) is 4.76. The van der Waals surface area contributed by atoms with Gasteiger partial charge in [-0.3, -0.25) is 0 Å². The summed E-state index contributed by atoms with van der Waals surface area (Å²) in [4.78, 5) is 0. The monoisotopic (exact) mass is 348 g/mol. The molecule has 1 aromatic carbocycles. The van der Waals surface area contributed by atoms with Crippen LogP contribution in [0.15, 0.2) is 30.6 Å². The summed E-state index contributed by atoms with van der Waals surface area (Å²) in [5.74, 6) is 0. The van der Waals surface area contributed by atoms with Gasteiger partial charge in [0.25, 0.3) is 0 Å². The van der Waals surface area contributed by atoms with Crippen LogP contribution in [-0.2, 0) is 0 Å². The Morgan fingerprint density at radius 3 is 2.75 bits per heavy atom. The molecule has 1 unspecified atom stereocenters. The maximum atomic E-state index is 9.43. The number of hydrogen-bond donors (Lipinski definition) is 1. The van der Waals surface area contributed by atoms with Gasteiger partial charge in [-0.25, -0.2) is 4.68 Å². The second-order valence-corrected chi connectivity index (χ2v) is 5.14. The number of aromatic nitrogens is 2. The minimum absolute atomic E-state index is 0.510. The number of rotatable bonds is 2. The van der Waals surface area contributed by atoms with Crippen molar-refractivity contribution in [1.29, 1.82) is 0 Å². The van der Waals surface area contributed by atoms with Crippen molar-refractivity contribution in [2.45, 2.75) is 13.0 Å². The van der Waals surface area contributed by atoms with Crippen molar-refractivity contribution in [2.24, 2.45) is 0 Å². The SMILES string of the molecule is CC(O)c1ccc(-n2cc(I)cn2)c(Cl)c1. The van der Waals surface area contributed by atoms with E-state index >= 15 is 0 Å². The highest BCUT2D eigenvalue weighted by atomic mass is 127. The third-order valence-electron chi connectivity index (χ3n) is 2.25. The zero-order valence-electron chi connectivity index (χ0n) is 8.56. The summed E-state index contributed by atoms with van der Waals surface area (Å²) in [6.07, 6.45) is 3.15. The van der Waals surface area contributed by atoms with Crippen LogP contribution in [0.2, 0.25) is 5.02 Å². The number of nitrogens with zero attached hydrogens (tertiary/aromatic N) is 2. The van der Waals surface area contributed by atoms with Crippen molar-refractivity contribution in [1.82, 2.24) is 9.78 Å². The second kappa shape index (κ2) is 4.73. The van der Waals surface area contributed by atoms with Gasteiger partial charge < -0.3 is 5.11 Å². The molecule has 0 aliphatic heterocycles. The van der Waals surface area contributed by atoms with Crippen LogP contribution in [0.5, 0.6) is 0 Å². The molecular weight excluding hydrogens is 338 g/mol. The van der Waals surface area contributed by atoms with Crippen LogP contribution in [-0.4, -0.2) is 14.9 Å². The van der Waals surface area contributed by atoms with Gasteiger partial charge in [-0.15, -0.1) is 0 Å². The molecule has 2 aromatic rings. The molecule has 3 nitrogen and oxygen atoms in total. The summed E-state index contributed by atoms with van der Waals surface area (Å²) in [6.45, 7) is 1.71. The third kappa shape index (κ3) is 2.39. The molecule has 0 radical (unpaired) electrons. The fourth-order valence-corrected chi connectivity index (χ4v) is 2.07. The maximum absolute atomic E-state index is 9.43. The minimum Gasteiger partial charge on any atom is -0.389 e. The van der Waals surface area contributed by atoms with Crippen molar-refractivity contribution >= 4 is 34.2 Å². The highest BCUT2D eigenvalue weighted by Gasteiger charge is 2.07. The van der Waals surface area contributed by atoms with Crippen molar-refractivity contribution in [3.05, 3.63) is 44.7 Å². The molecule has 0 bridgehead atoms. The van der Waals surface area contributed by atoms with Gasteiger partial charge in [0.05, 0.1) is 26.6 Å². The van der Waals surface area contributed by atoms with E-state index in [-0.39, 0.29) is 0 Å². The molecule has 16 heavy (non-hydrogen) atoms. The van der Waals surface area contributed by atoms with Gasteiger partial charge in [0.1, 0.15) is 0 Å². The van der Waals surface area contributed by atoms with Gasteiger partial charge in [0.2, 0.25) is 0 Å². The Morgan fingerprint density at radius 1 is 1.50 bits per heavy atom. The van der Waals surface area contributed by atoms with Gasteiger partial charge in [-0.2, -0.15) is 5.10 Å². The first-order valence-corrected chi connectivity index (χ1v) is 6.21. The van der Waals surface area contributed by atoms with Crippen molar-refractivity contribution < 1.29 is 5.11 Å². The van der Waals surface area contributed by atoms with E-state index < -0.39 is 6.10 Å². The molecular formula is C11H10ClIN2O. The molecule has 0 fully saturated rings. The Labute approximate surface area is 112 Å². The summed E-state index contributed by atoms with van der Waals surface area (Å²) in [5, 5.41) is 14.2. The lowest BCUT2D eigenvalue weighted by Gasteiger charge is -2.08. The third-order valence-corrected chi connectivity index (χ3v) is 3.11. The van der Waals surface area contributed by atoms with Crippen LogP contribution in [0.4, 0.5) is 0 Å². The van der Waals surface area contributed by atoms with E-state index in [4.69, 9.17) is 11.6 Å². The molecule has 1 N–H and O–H groups in total. The van der Waals surface area contributed by atoms with E-state index in [0.29, 0.717) is 5.02 Å². The summed E-state index contributed by atoms with van der Waals surface area (Å²) in [7, 11) is 0. The van der Waals surface area contributed by atoms with Crippen LogP contribution in [0.1, 0.15) is 18.6 Å². The standard InChI is InChI=1S/C11H10ClIN2O/c1-7(16)8-2-3-11(10(12)4-8)15-6-9(13)5-14-15/h2-7,16H,1H3. The number of aliphatic hydroxyl groups is 1. The Kier molecular flexibility index (Phi) is 3.51. The van der Waals surface area contributed by atoms with E-state index in [0.717, 1.165) is 14.8 Å². The lowest BCUT2D eigenvalue weighted by atomic mass is 10.1. The Balaban J connectivity index is 2.44. The predicted octanol–water partition coefficient (Wildman–Crippen LogP) is 3.18. The van der Waals surface area contributed by atoms with Gasteiger partial charge in [0.15, 0.2) is 0 Å². The van der Waals surface area contributed by atoms with Crippen molar-refractivity contribution in [3.8, 4) is 5.69 Å². The second-order valence-electron chi connectivity index (χ2n) is 3.49. The van der Waals surface area contributed by atoms with Crippen LogP contribution >= 0.6 is 34.2 Å². The molecule has 0 saturated heterocycles. The van der Waals surface area contributed by atoms with E-state index in [9.17, 15) is 5.11 Å². The molecule has 5 heteroatoms. The highest BCUT2D eigenvalue weighted by Crippen LogP contribution is 2.24. The molecule has 84 valence electrons. The maximum Gasteiger partial charge on any atom is 0.0832 e. The zero-order valence-corrected chi connectivity index (χ0v) is 11.5. The average molecular weight is 349 g/mol. The van der Waals surface area contributed by atoms with E-state index in [1.54, 1.807) is 23.9 Å². The molecule has 0 amide bonds. The molecule has 0 saturated carbocycles.